The Hall–Kier alpha value is -2.63. The summed E-state index contributed by atoms with van der Waals surface area (Å²) in [4.78, 5) is 16.9. The number of para-hydroxylation sites is 1. The number of hydrogen-bond acceptors (Lipinski definition) is 3. The summed E-state index contributed by atoms with van der Waals surface area (Å²) < 4.78 is 0. The van der Waals surface area contributed by atoms with Gasteiger partial charge in [-0.1, -0.05) is 18.2 Å². The van der Waals surface area contributed by atoms with Gasteiger partial charge in [-0.2, -0.15) is 0 Å². The Morgan fingerprint density at radius 1 is 1.06 bits per heavy atom. The number of carbonyl (C=O) groups excluding carboxylic acids is 1. The van der Waals surface area contributed by atoms with Crippen molar-refractivity contribution in [2.75, 3.05) is 5.32 Å². The van der Waals surface area contributed by atoms with Gasteiger partial charge >= 0.3 is 12.0 Å². The van der Waals surface area contributed by atoms with Crippen LogP contribution in [0, 0.1) is 0 Å². The van der Waals surface area contributed by atoms with Gasteiger partial charge in [-0.3, -0.25) is 0 Å². The van der Waals surface area contributed by atoms with Crippen molar-refractivity contribution in [3.63, 3.8) is 0 Å². The lowest BCUT2D eigenvalue weighted by Gasteiger charge is -1.97. The van der Waals surface area contributed by atoms with Crippen LogP contribution in [0.3, 0.4) is 0 Å². The standard InChI is InChI=1S/C7H8N2O.C4H3N2O/c8-7(10)9-6-4-2-1-3-5-6;7-4-5-2-1-3-6-4/h1-5H,(H3,8,9,10);1-3H. The third kappa shape index (κ3) is 5.73. The van der Waals surface area contributed by atoms with Crippen molar-refractivity contribution in [1.29, 1.82) is 0 Å². The van der Waals surface area contributed by atoms with E-state index in [2.05, 4.69) is 15.3 Å². The summed E-state index contributed by atoms with van der Waals surface area (Å²) >= 11 is 0. The summed E-state index contributed by atoms with van der Waals surface area (Å²) in [6.45, 7) is 0. The van der Waals surface area contributed by atoms with E-state index in [9.17, 15) is 9.90 Å². The van der Waals surface area contributed by atoms with E-state index in [4.69, 9.17) is 5.73 Å². The minimum Gasteiger partial charge on any atom is -0.351 e. The predicted molar refractivity (Wildman–Crippen MR) is 61.8 cm³/mol. The highest BCUT2D eigenvalue weighted by atomic mass is 16.3. The quantitative estimate of drug-likeness (QED) is 0.782. The highest BCUT2D eigenvalue weighted by Gasteiger charge is 1.90. The number of benzene rings is 1. The summed E-state index contributed by atoms with van der Waals surface area (Å²) in [6, 6.07) is 9.69. The average Bonchev–Trinajstić information content (AvgIpc) is 2.31. The van der Waals surface area contributed by atoms with Gasteiger partial charge < -0.3 is 11.1 Å². The summed E-state index contributed by atoms with van der Waals surface area (Å²) in [5.74, 6) is 0. The number of nitrogens with two attached hydrogens (primary N) is 1. The number of aromatic nitrogens is 2. The molecule has 87 valence electrons. The zero-order valence-electron chi connectivity index (χ0n) is 8.91. The summed E-state index contributed by atoms with van der Waals surface area (Å²) in [5, 5.41) is 12.5. The maximum Gasteiger partial charge on any atom is 0.366 e. The number of nitrogens with zero attached hydrogens (tertiary/aromatic N) is 2. The lowest BCUT2D eigenvalue weighted by atomic mass is 10.3. The van der Waals surface area contributed by atoms with Crippen LogP contribution < -0.4 is 11.1 Å². The molecule has 1 radical (unpaired) electrons. The van der Waals surface area contributed by atoms with Crippen LogP contribution in [0.15, 0.2) is 48.8 Å². The van der Waals surface area contributed by atoms with Crippen LogP contribution >= 0.6 is 0 Å². The van der Waals surface area contributed by atoms with Crippen molar-refractivity contribution in [2.45, 2.75) is 0 Å². The minimum absolute atomic E-state index is 0.428. The van der Waals surface area contributed by atoms with E-state index >= 15 is 0 Å². The fourth-order valence-electron chi connectivity index (χ4n) is 0.949. The molecular formula is C11H11N4O2. The number of urea groups is 1. The molecule has 0 bridgehead atoms. The molecule has 0 atom stereocenters. The van der Waals surface area contributed by atoms with Crippen LogP contribution in [0.1, 0.15) is 0 Å². The van der Waals surface area contributed by atoms with Crippen LogP contribution in [0.25, 0.3) is 0 Å². The van der Waals surface area contributed by atoms with Crippen LogP contribution in [-0.2, 0) is 5.11 Å². The van der Waals surface area contributed by atoms with Gasteiger partial charge in [0, 0.05) is 18.1 Å². The number of carbonyl (C=O) groups is 1. The maximum absolute atomic E-state index is 10.3. The van der Waals surface area contributed by atoms with Crippen molar-refractivity contribution in [3.8, 4) is 6.01 Å². The summed E-state index contributed by atoms with van der Waals surface area (Å²) in [6.07, 6.45) is 2.82. The normalized spacial score (nSPS) is 8.71. The van der Waals surface area contributed by atoms with Gasteiger partial charge in [0.05, 0.1) is 0 Å². The van der Waals surface area contributed by atoms with Gasteiger partial charge in [-0.25, -0.2) is 19.9 Å². The van der Waals surface area contributed by atoms with E-state index in [1.165, 1.54) is 12.4 Å². The number of anilines is 1. The zero-order valence-corrected chi connectivity index (χ0v) is 8.91. The molecule has 1 heterocycles. The Morgan fingerprint density at radius 3 is 2.06 bits per heavy atom. The van der Waals surface area contributed by atoms with Crippen molar-refractivity contribution in [1.82, 2.24) is 9.97 Å². The Labute approximate surface area is 98.1 Å². The molecule has 0 aliphatic carbocycles. The number of nitrogens with one attached hydrogen (secondary N) is 1. The van der Waals surface area contributed by atoms with Gasteiger partial charge in [0.2, 0.25) is 0 Å². The molecule has 0 aliphatic heterocycles. The fraction of sp³-hybridized carbons (Fsp3) is 0. The lowest BCUT2D eigenvalue weighted by Crippen LogP contribution is -2.18. The predicted octanol–water partition coefficient (Wildman–Crippen LogP) is 1.80. The molecule has 1 aromatic heterocycles. The van der Waals surface area contributed by atoms with Crippen LogP contribution in [0.4, 0.5) is 10.5 Å². The van der Waals surface area contributed by atoms with Crippen LogP contribution in [0.2, 0.25) is 0 Å². The first kappa shape index (κ1) is 12.4. The van der Waals surface area contributed by atoms with E-state index in [1.54, 1.807) is 18.2 Å². The fourth-order valence-corrected chi connectivity index (χ4v) is 0.949. The second-order valence-corrected chi connectivity index (χ2v) is 2.89. The van der Waals surface area contributed by atoms with Gasteiger partial charge in [-0.05, 0) is 18.2 Å². The molecule has 2 rings (SSSR count). The van der Waals surface area contributed by atoms with E-state index in [0.29, 0.717) is 0 Å². The number of amides is 2. The molecule has 0 spiro atoms. The van der Waals surface area contributed by atoms with Crippen molar-refractivity contribution in [3.05, 3.63) is 48.8 Å². The topological polar surface area (TPSA) is 101 Å². The molecule has 6 heteroatoms. The number of primary amides is 1. The second kappa shape index (κ2) is 6.78. The summed E-state index contributed by atoms with van der Waals surface area (Å²) in [7, 11) is 0. The van der Waals surface area contributed by atoms with Crippen molar-refractivity contribution < 1.29 is 9.90 Å². The largest absolute Gasteiger partial charge is 0.366 e. The first-order chi connectivity index (χ1) is 8.18. The molecule has 17 heavy (non-hydrogen) atoms. The Bertz CT molecular complexity index is 448. The second-order valence-electron chi connectivity index (χ2n) is 2.89. The SMILES string of the molecule is NC(=O)Nc1ccccc1.[O]c1ncccn1. The number of hydrogen-bond donors (Lipinski definition) is 2. The monoisotopic (exact) mass is 231 g/mol. The van der Waals surface area contributed by atoms with Gasteiger partial charge in [0.15, 0.2) is 0 Å². The van der Waals surface area contributed by atoms with Crippen LogP contribution in [0.5, 0.6) is 6.01 Å². The molecule has 0 fully saturated rings. The Morgan fingerprint density at radius 2 is 1.65 bits per heavy atom. The third-order valence-corrected chi connectivity index (χ3v) is 1.58. The van der Waals surface area contributed by atoms with E-state index < -0.39 is 12.0 Å². The van der Waals surface area contributed by atoms with E-state index in [1.807, 2.05) is 18.2 Å². The lowest BCUT2D eigenvalue weighted by molar-refractivity contribution is 0.259. The maximum atomic E-state index is 10.3. The highest BCUT2D eigenvalue weighted by molar-refractivity contribution is 5.87. The smallest absolute Gasteiger partial charge is 0.351 e. The molecule has 3 N–H and O–H groups in total. The van der Waals surface area contributed by atoms with Gasteiger partial charge in [0.1, 0.15) is 0 Å². The third-order valence-electron chi connectivity index (χ3n) is 1.58. The Balaban J connectivity index is 0.000000181. The van der Waals surface area contributed by atoms with Crippen molar-refractivity contribution >= 4 is 11.7 Å². The molecular weight excluding hydrogens is 220 g/mol. The van der Waals surface area contributed by atoms with E-state index in [-0.39, 0.29) is 0 Å². The molecule has 0 aliphatic rings. The van der Waals surface area contributed by atoms with Crippen molar-refractivity contribution in [2.24, 2.45) is 5.73 Å². The van der Waals surface area contributed by atoms with Gasteiger partial charge in [0.25, 0.3) is 0 Å². The molecule has 0 unspecified atom stereocenters. The Kier molecular flexibility index (Phi) is 4.96. The van der Waals surface area contributed by atoms with Gasteiger partial charge in [-0.15, -0.1) is 0 Å². The molecule has 0 saturated carbocycles. The molecule has 1 aromatic carbocycles. The minimum atomic E-state index is -0.536. The highest BCUT2D eigenvalue weighted by Crippen LogP contribution is 2.03. The molecule has 0 saturated heterocycles. The molecule has 6 nitrogen and oxygen atoms in total. The average molecular weight is 231 g/mol. The summed E-state index contributed by atoms with van der Waals surface area (Å²) in [5.41, 5.74) is 5.59. The number of rotatable bonds is 1. The zero-order chi connectivity index (χ0) is 12.5. The van der Waals surface area contributed by atoms with E-state index in [0.717, 1.165) is 5.69 Å². The van der Waals surface area contributed by atoms with Crippen LogP contribution in [-0.4, -0.2) is 16.0 Å². The first-order valence-electron chi connectivity index (χ1n) is 4.74. The molecule has 2 amide bonds. The molecule has 2 aromatic rings. The first-order valence-corrected chi connectivity index (χ1v) is 4.74.